The summed E-state index contributed by atoms with van der Waals surface area (Å²) < 4.78 is 30.8. The van der Waals surface area contributed by atoms with Crippen molar-refractivity contribution in [3.63, 3.8) is 0 Å². The molecule has 0 radical (unpaired) electrons. The Morgan fingerprint density at radius 3 is 1.14 bits per heavy atom. The summed E-state index contributed by atoms with van der Waals surface area (Å²) in [5.41, 5.74) is 0. The number of phosphoric ester groups is 1. The van der Waals surface area contributed by atoms with Crippen molar-refractivity contribution >= 4 is 19.7 Å². The topological polar surface area (TPSA) is 111 Å². The second-order valence-corrected chi connectivity index (χ2v) is 26.9. The van der Waals surface area contributed by atoms with Crippen molar-refractivity contribution in [1.29, 1.82) is 0 Å². The molecular weight excluding hydrogens is 1020 g/mol. The summed E-state index contributed by atoms with van der Waals surface area (Å²) in [4.78, 5) is 37.8. The Balaban J connectivity index is 4.99. The van der Waals surface area contributed by atoms with Crippen molar-refractivity contribution in [2.24, 2.45) is 0 Å². The normalized spacial score (nSPS) is 13.7. The number of rotatable bonds is 65. The maximum absolute atomic E-state index is 13.6. The summed E-state index contributed by atoms with van der Waals surface area (Å²) in [6.07, 6.45) is 75.9. The second-order valence-electron chi connectivity index (χ2n) is 25.4. The van der Waals surface area contributed by atoms with E-state index in [1.54, 1.807) is 0 Å². The number of likely N-dealkylation sites (N-methyl/N-ethyl adjacent to an activating group) is 1. The average molecular weight is 1160 g/mol. The predicted molar refractivity (Wildman–Crippen MR) is 351 cm³/mol. The van der Waals surface area contributed by atoms with Crippen LogP contribution >= 0.6 is 7.82 Å². The van der Waals surface area contributed by atoms with Crippen LogP contribution in [0.4, 0.5) is 0 Å². The van der Waals surface area contributed by atoms with Crippen molar-refractivity contribution < 1.29 is 37.3 Å². The monoisotopic (exact) mass is 1160 g/mol. The van der Waals surface area contributed by atoms with Crippen LogP contribution in [-0.4, -0.2) is 74.3 Å². The molecule has 0 spiro atoms. The number of unbranched alkanes of at least 4 members (excludes halogenated alkanes) is 45. The van der Waals surface area contributed by atoms with Crippen molar-refractivity contribution in [2.45, 2.75) is 367 Å². The number of nitrogens with one attached hydrogen (secondary N) is 1. The van der Waals surface area contributed by atoms with Gasteiger partial charge in [-0.25, -0.2) is 4.57 Å². The van der Waals surface area contributed by atoms with E-state index >= 15 is 0 Å². The molecule has 0 bridgehead atoms. The molecule has 0 saturated heterocycles. The van der Waals surface area contributed by atoms with E-state index in [0.29, 0.717) is 23.9 Å². The minimum absolute atomic E-state index is 0.0436. The van der Waals surface area contributed by atoms with Crippen molar-refractivity contribution in [2.75, 3.05) is 40.9 Å². The smallest absolute Gasteiger partial charge is 0.456 e. The van der Waals surface area contributed by atoms with Gasteiger partial charge >= 0.3 is 13.8 Å². The summed E-state index contributed by atoms with van der Waals surface area (Å²) >= 11 is 0. The average Bonchev–Trinajstić information content (AvgIpc) is 3.43. The van der Waals surface area contributed by atoms with Crippen LogP contribution in [0, 0.1) is 0 Å². The summed E-state index contributed by atoms with van der Waals surface area (Å²) in [5.74, 6) is -0.485. The highest BCUT2D eigenvalue weighted by Gasteiger charge is 2.30. The molecule has 1 amide bonds. The highest BCUT2D eigenvalue weighted by atomic mass is 31.2. The van der Waals surface area contributed by atoms with Crippen molar-refractivity contribution in [3.05, 3.63) is 36.5 Å². The van der Waals surface area contributed by atoms with Crippen LogP contribution in [0.1, 0.15) is 355 Å². The van der Waals surface area contributed by atoms with E-state index in [0.717, 1.165) is 64.2 Å². The number of ether oxygens (including phenoxy) is 1. The lowest BCUT2D eigenvalue weighted by Gasteiger charge is -2.27. The zero-order valence-electron chi connectivity index (χ0n) is 54.8. The Morgan fingerprint density at radius 1 is 0.432 bits per heavy atom. The SMILES string of the molecule is CCCCC/C=C\C/C=C\CCCCCCCCCCCCCCCCCC(=O)OC(/C=C/CCCCCCCCCCC)C(COP(=O)(O)OCC[N+](C)(C)C)NC(=O)CCCCCCCCCCCCCCCCCCCCC. The number of allylic oxidation sites excluding steroid dienone is 5. The molecule has 0 fully saturated rings. The molecule has 0 aliphatic carbocycles. The van der Waals surface area contributed by atoms with Crippen LogP contribution in [-0.2, 0) is 27.9 Å². The molecule has 9 nitrogen and oxygen atoms in total. The molecule has 3 unspecified atom stereocenters. The molecule has 0 aliphatic heterocycles. The maximum Gasteiger partial charge on any atom is 0.472 e. The number of nitrogens with zero attached hydrogens (tertiary/aromatic N) is 1. The van der Waals surface area contributed by atoms with Gasteiger partial charge in [-0.15, -0.1) is 0 Å². The molecule has 0 aromatic rings. The van der Waals surface area contributed by atoms with Crippen LogP contribution in [0.5, 0.6) is 0 Å². The molecule has 0 rings (SSSR count). The first kappa shape index (κ1) is 79.2. The number of carbonyl (C=O) groups excluding carboxylic acids is 2. The van der Waals surface area contributed by atoms with E-state index in [9.17, 15) is 19.0 Å². The standard InChI is InChI=1S/C71H137N2O7P/c1-7-10-13-16-19-22-25-27-29-31-33-34-35-36-37-38-40-42-44-46-49-52-55-58-61-64-71(75)80-69(62-59-56-53-50-47-24-21-18-15-12-9-3)68(67-79-81(76,77)78-66-65-73(4,5)6)72-70(74)63-60-57-54-51-48-45-43-41-39-32-30-28-26-23-20-17-14-11-8-2/h19,22,27,29,59,62,68-69H,7-18,20-21,23-26,28,30-58,60-61,63-67H2,1-6H3,(H-,72,74,76,77)/p+1/b22-19-,29-27-,62-59+. The van der Waals surface area contributed by atoms with Gasteiger partial charge in [0.2, 0.25) is 5.91 Å². The lowest BCUT2D eigenvalue weighted by atomic mass is 10.0. The van der Waals surface area contributed by atoms with Gasteiger partial charge in [0.15, 0.2) is 0 Å². The minimum Gasteiger partial charge on any atom is -0.456 e. The van der Waals surface area contributed by atoms with Gasteiger partial charge in [-0.2, -0.15) is 0 Å². The van der Waals surface area contributed by atoms with Gasteiger partial charge in [-0.1, -0.05) is 314 Å². The molecule has 3 atom stereocenters. The molecule has 0 aromatic heterocycles. The third-order valence-electron chi connectivity index (χ3n) is 16.1. The zero-order valence-corrected chi connectivity index (χ0v) is 55.7. The third-order valence-corrected chi connectivity index (χ3v) is 17.1. The number of amides is 1. The Kier molecular flexibility index (Phi) is 60.0. The quantitative estimate of drug-likeness (QED) is 0.0205. The highest BCUT2D eigenvalue weighted by Crippen LogP contribution is 2.43. The van der Waals surface area contributed by atoms with Gasteiger partial charge in [0.05, 0.1) is 33.8 Å². The largest absolute Gasteiger partial charge is 0.472 e. The number of quaternary nitrogens is 1. The van der Waals surface area contributed by atoms with E-state index in [1.165, 1.54) is 257 Å². The van der Waals surface area contributed by atoms with Crippen LogP contribution in [0.3, 0.4) is 0 Å². The Hall–Kier alpha value is -1.77. The van der Waals surface area contributed by atoms with Gasteiger partial charge in [-0.3, -0.25) is 18.6 Å². The van der Waals surface area contributed by atoms with E-state index < -0.39 is 20.0 Å². The fourth-order valence-corrected chi connectivity index (χ4v) is 11.4. The van der Waals surface area contributed by atoms with E-state index in [1.807, 2.05) is 33.3 Å². The lowest BCUT2D eigenvalue weighted by Crippen LogP contribution is -2.47. The fourth-order valence-electron chi connectivity index (χ4n) is 10.6. The van der Waals surface area contributed by atoms with Crippen molar-refractivity contribution in [3.8, 4) is 0 Å². The second kappa shape index (κ2) is 61.3. The number of hydrogen-bond donors (Lipinski definition) is 2. The zero-order chi connectivity index (χ0) is 59.3. The van der Waals surface area contributed by atoms with E-state index in [-0.39, 0.29) is 25.1 Å². The molecule has 81 heavy (non-hydrogen) atoms. The number of esters is 1. The maximum atomic E-state index is 13.6. The van der Waals surface area contributed by atoms with Crippen LogP contribution in [0.25, 0.3) is 0 Å². The van der Waals surface area contributed by atoms with Gasteiger partial charge in [0.25, 0.3) is 0 Å². The summed E-state index contributed by atoms with van der Waals surface area (Å²) in [6.45, 7) is 7.04. The van der Waals surface area contributed by atoms with E-state index in [4.69, 9.17) is 13.8 Å². The van der Waals surface area contributed by atoms with Gasteiger partial charge in [0, 0.05) is 12.8 Å². The molecule has 0 saturated carbocycles. The van der Waals surface area contributed by atoms with E-state index in [2.05, 4.69) is 50.4 Å². The Morgan fingerprint density at radius 2 is 0.753 bits per heavy atom. The molecule has 0 aliphatic rings. The van der Waals surface area contributed by atoms with Crippen molar-refractivity contribution in [1.82, 2.24) is 5.32 Å². The summed E-state index contributed by atoms with van der Waals surface area (Å²) in [7, 11) is 1.51. The third kappa shape index (κ3) is 62.6. The Labute approximate surface area is 504 Å². The first-order valence-electron chi connectivity index (χ1n) is 35.3. The molecule has 2 N–H and O–H groups in total. The summed E-state index contributed by atoms with van der Waals surface area (Å²) in [6, 6.07) is -0.844. The summed E-state index contributed by atoms with van der Waals surface area (Å²) in [5, 5.41) is 3.07. The van der Waals surface area contributed by atoms with Crippen LogP contribution < -0.4 is 5.32 Å². The lowest BCUT2D eigenvalue weighted by molar-refractivity contribution is -0.870. The Bertz CT molecular complexity index is 1480. The van der Waals surface area contributed by atoms with Crippen LogP contribution in [0.2, 0.25) is 0 Å². The van der Waals surface area contributed by atoms with Gasteiger partial charge in [-0.05, 0) is 63.9 Å². The fraction of sp³-hybridized carbons (Fsp3) is 0.887. The number of carbonyl (C=O) groups is 2. The van der Waals surface area contributed by atoms with Gasteiger partial charge in [0.1, 0.15) is 19.3 Å². The minimum atomic E-state index is -4.45. The molecule has 10 heteroatoms. The number of phosphoric acid groups is 1. The first-order valence-corrected chi connectivity index (χ1v) is 36.8. The number of hydrogen-bond acceptors (Lipinski definition) is 6. The predicted octanol–water partition coefficient (Wildman–Crippen LogP) is 22.2. The molecule has 0 heterocycles. The molecule has 0 aromatic carbocycles. The van der Waals surface area contributed by atoms with Gasteiger partial charge < -0.3 is 19.4 Å². The molecular formula is C71H138N2O7P+. The first-order chi connectivity index (χ1) is 39.4. The molecule has 478 valence electrons. The highest BCUT2D eigenvalue weighted by molar-refractivity contribution is 7.47. The van der Waals surface area contributed by atoms with Crippen LogP contribution in [0.15, 0.2) is 36.5 Å².